The first-order valence-electron chi connectivity index (χ1n) is 10.6. The second-order valence-corrected chi connectivity index (χ2v) is 8.30. The Balaban J connectivity index is 1.50. The molecule has 1 aliphatic carbocycles. The molecule has 1 aliphatic heterocycles. The maximum atomic E-state index is 10.6. The minimum atomic E-state index is -0.973. The summed E-state index contributed by atoms with van der Waals surface area (Å²) in [6.45, 7) is 2.69. The number of carboxylic acids is 1. The number of ether oxygens (including phenoxy) is 3. The van der Waals surface area contributed by atoms with Gasteiger partial charge in [-0.2, -0.15) is 0 Å². The van der Waals surface area contributed by atoms with Crippen molar-refractivity contribution >= 4 is 5.97 Å². The number of aliphatic carboxylic acids is 1. The molecule has 7 heteroatoms. The third-order valence-corrected chi connectivity index (χ3v) is 5.98. The van der Waals surface area contributed by atoms with E-state index < -0.39 is 18.2 Å². The van der Waals surface area contributed by atoms with Crippen molar-refractivity contribution in [1.29, 1.82) is 0 Å². The summed E-state index contributed by atoms with van der Waals surface area (Å²) in [5, 5.41) is 29.5. The summed E-state index contributed by atoms with van der Waals surface area (Å²) in [5.74, 6) is 0.0239. The summed E-state index contributed by atoms with van der Waals surface area (Å²) in [5.41, 5.74) is 1.01. The Morgan fingerprint density at radius 2 is 2.13 bits per heavy atom. The highest BCUT2D eigenvalue weighted by atomic mass is 16.5. The topological polar surface area (TPSA) is 105 Å². The Labute approximate surface area is 177 Å². The number of hydrogen-bond donors (Lipinski definition) is 3. The highest BCUT2D eigenvalue weighted by Gasteiger charge is 2.43. The number of hydrogen-bond acceptors (Lipinski definition) is 6. The predicted octanol–water partition coefficient (Wildman–Crippen LogP) is 2.18. The van der Waals surface area contributed by atoms with Gasteiger partial charge in [-0.25, -0.2) is 4.79 Å². The van der Waals surface area contributed by atoms with Gasteiger partial charge in [0.1, 0.15) is 25.1 Å². The number of aliphatic hydroxyl groups is 2. The van der Waals surface area contributed by atoms with Crippen molar-refractivity contribution in [2.75, 3.05) is 26.4 Å². The second-order valence-electron chi connectivity index (χ2n) is 8.30. The highest BCUT2D eigenvalue weighted by Crippen LogP contribution is 2.41. The molecule has 1 saturated carbocycles. The molecule has 1 aromatic rings. The first-order valence-corrected chi connectivity index (χ1v) is 10.6. The summed E-state index contributed by atoms with van der Waals surface area (Å²) < 4.78 is 16.9. The number of fused-ring (bicyclic) bond motifs is 1. The molecule has 1 heterocycles. The Morgan fingerprint density at radius 1 is 1.33 bits per heavy atom. The molecule has 166 valence electrons. The molecule has 2 fully saturated rings. The van der Waals surface area contributed by atoms with E-state index in [0.29, 0.717) is 19.6 Å². The quantitative estimate of drug-likeness (QED) is 0.526. The van der Waals surface area contributed by atoms with Crippen LogP contribution >= 0.6 is 0 Å². The van der Waals surface area contributed by atoms with Gasteiger partial charge in [0, 0.05) is 18.3 Å². The fourth-order valence-electron chi connectivity index (χ4n) is 4.37. The standard InChI is InChI=1S/C23H32O7/c1-15-4-2-3-5-21(15)30-13-17(24)7-9-18-19-8-6-16(11-28-14-23(26)27)12-29-22(19)10-20(18)25/h2-5,7,9,16-20,22,24-25H,6,8,10-14H2,1H3,(H,26,27)/t16-,17-,18-,19-,20-,22+/m1/s1. The van der Waals surface area contributed by atoms with Crippen LogP contribution in [0.25, 0.3) is 0 Å². The molecule has 3 N–H and O–H groups in total. The average molecular weight is 421 g/mol. The van der Waals surface area contributed by atoms with E-state index in [1.54, 1.807) is 6.08 Å². The minimum absolute atomic E-state index is 0.0283. The van der Waals surface area contributed by atoms with Gasteiger partial charge in [0.05, 0.1) is 25.4 Å². The van der Waals surface area contributed by atoms with Crippen LogP contribution in [0.2, 0.25) is 0 Å². The zero-order valence-corrected chi connectivity index (χ0v) is 17.4. The van der Waals surface area contributed by atoms with Gasteiger partial charge in [0.2, 0.25) is 0 Å². The molecule has 2 aliphatic rings. The number of aliphatic hydroxyl groups excluding tert-OH is 2. The van der Waals surface area contributed by atoms with Crippen molar-refractivity contribution in [2.24, 2.45) is 17.8 Å². The van der Waals surface area contributed by atoms with Gasteiger partial charge in [-0.3, -0.25) is 0 Å². The van der Waals surface area contributed by atoms with Crippen molar-refractivity contribution in [3.8, 4) is 5.75 Å². The van der Waals surface area contributed by atoms with Crippen molar-refractivity contribution in [2.45, 2.75) is 44.5 Å². The van der Waals surface area contributed by atoms with Gasteiger partial charge in [-0.15, -0.1) is 0 Å². The van der Waals surface area contributed by atoms with Gasteiger partial charge < -0.3 is 29.5 Å². The summed E-state index contributed by atoms with van der Waals surface area (Å²) in [7, 11) is 0. The van der Waals surface area contributed by atoms with E-state index in [2.05, 4.69) is 0 Å². The smallest absolute Gasteiger partial charge is 0.329 e. The highest BCUT2D eigenvalue weighted by molar-refractivity contribution is 5.67. The number of rotatable bonds is 9. The van der Waals surface area contributed by atoms with Gasteiger partial charge in [-0.05, 0) is 37.3 Å². The maximum absolute atomic E-state index is 10.6. The van der Waals surface area contributed by atoms with Crippen LogP contribution in [-0.4, -0.2) is 66.0 Å². The fraction of sp³-hybridized carbons (Fsp3) is 0.609. The third-order valence-electron chi connectivity index (χ3n) is 5.98. The summed E-state index contributed by atoms with van der Waals surface area (Å²) >= 11 is 0. The molecule has 0 aromatic heterocycles. The van der Waals surface area contributed by atoms with Crippen LogP contribution < -0.4 is 4.74 Å². The van der Waals surface area contributed by atoms with Crippen molar-refractivity contribution in [3.05, 3.63) is 42.0 Å². The van der Waals surface area contributed by atoms with Crippen molar-refractivity contribution < 1.29 is 34.3 Å². The molecule has 0 amide bonds. The molecule has 6 atom stereocenters. The second kappa shape index (κ2) is 10.9. The molecular weight excluding hydrogens is 388 g/mol. The molecule has 0 spiro atoms. The molecule has 30 heavy (non-hydrogen) atoms. The van der Waals surface area contributed by atoms with Crippen LogP contribution in [0.5, 0.6) is 5.75 Å². The first-order chi connectivity index (χ1) is 14.4. The Bertz CT molecular complexity index is 719. The summed E-state index contributed by atoms with van der Waals surface area (Å²) in [6.07, 6.45) is 4.60. The number of carbonyl (C=O) groups is 1. The number of benzene rings is 1. The van der Waals surface area contributed by atoms with Gasteiger partial charge in [0.15, 0.2) is 0 Å². The zero-order chi connectivity index (χ0) is 21.5. The minimum Gasteiger partial charge on any atom is -0.490 e. The summed E-state index contributed by atoms with van der Waals surface area (Å²) in [6, 6.07) is 7.66. The largest absolute Gasteiger partial charge is 0.490 e. The average Bonchev–Trinajstić information content (AvgIpc) is 2.87. The number of aryl methyl sites for hydroxylation is 1. The van der Waals surface area contributed by atoms with E-state index in [4.69, 9.17) is 19.3 Å². The predicted molar refractivity (Wildman–Crippen MR) is 110 cm³/mol. The molecule has 1 aromatic carbocycles. The lowest BCUT2D eigenvalue weighted by Gasteiger charge is -2.21. The van der Waals surface area contributed by atoms with Crippen LogP contribution in [0, 0.1) is 24.7 Å². The molecule has 0 radical (unpaired) electrons. The Morgan fingerprint density at radius 3 is 2.90 bits per heavy atom. The van der Waals surface area contributed by atoms with Crippen LogP contribution in [0.4, 0.5) is 0 Å². The van der Waals surface area contributed by atoms with Crippen LogP contribution in [-0.2, 0) is 14.3 Å². The molecule has 1 saturated heterocycles. The van der Waals surface area contributed by atoms with Gasteiger partial charge in [-0.1, -0.05) is 30.4 Å². The summed E-state index contributed by atoms with van der Waals surface area (Å²) in [4.78, 5) is 10.6. The van der Waals surface area contributed by atoms with E-state index in [1.807, 2.05) is 37.3 Å². The van der Waals surface area contributed by atoms with Gasteiger partial charge in [0.25, 0.3) is 0 Å². The van der Waals surface area contributed by atoms with Crippen LogP contribution in [0.1, 0.15) is 24.8 Å². The van der Waals surface area contributed by atoms with E-state index >= 15 is 0 Å². The lowest BCUT2D eigenvalue weighted by Crippen LogP contribution is -2.22. The van der Waals surface area contributed by atoms with E-state index in [9.17, 15) is 15.0 Å². The Hall–Kier alpha value is -1.93. The molecular formula is C23H32O7. The van der Waals surface area contributed by atoms with Crippen LogP contribution in [0.15, 0.2) is 36.4 Å². The van der Waals surface area contributed by atoms with Crippen molar-refractivity contribution in [3.63, 3.8) is 0 Å². The molecule has 7 nitrogen and oxygen atoms in total. The van der Waals surface area contributed by atoms with E-state index in [-0.39, 0.29) is 37.1 Å². The molecule has 0 unspecified atom stereocenters. The lowest BCUT2D eigenvalue weighted by molar-refractivity contribution is -0.143. The normalized spacial score (nSPS) is 30.0. The van der Waals surface area contributed by atoms with Gasteiger partial charge >= 0.3 is 5.97 Å². The number of para-hydroxylation sites is 1. The third kappa shape index (κ3) is 6.28. The monoisotopic (exact) mass is 420 g/mol. The zero-order valence-electron chi connectivity index (χ0n) is 17.4. The van der Waals surface area contributed by atoms with E-state index in [0.717, 1.165) is 24.2 Å². The SMILES string of the molecule is Cc1ccccc1OC[C@H](O)C=C[C@@H]1[C@H]2CC[C@H](COCC(=O)O)CO[C@H]2C[C@H]1O. The first kappa shape index (κ1) is 22.7. The fourth-order valence-corrected chi connectivity index (χ4v) is 4.37. The number of carboxylic acid groups (broad SMARTS) is 1. The molecule has 3 rings (SSSR count). The lowest BCUT2D eigenvalue weighted by atomic mass is 9.87. The maximum Gasteiger partial charge on any atom is 0.329 e. The van der Waals surface area contributed by atoms with Crippen LogP contribution in [0.3, 0.4) is 0 Å². The van der Waals surface area contributed by atoms with Crippen molar-refractivity contribution in [1.82, 2.24) is 0 Å². The molecule has 0 bridgehead atoms. The van der Waals surface area contributed by atoms with E-state index in [1.165, 1.54) is 0 Å². The Kier molecular flexibility index (Phi) is 8.27.